The Hall–Kier alpha value is -2.37. The molecule has 0 spiro atoms. The molecule has 0 radical (unpaired) electrons. The van der Waals surface area contributed by atoms with Gasteiger partial charge in [0.05, 0.1) is 11.0 Å². The maximum absolute atomic E-state index is 12.5. The van der Waals surface area contributed by atoms with Gasteiger partial charge in [0.2, 0.25) is 11.8 Å². The molecular weight excluding hydrogens is 328 g/mol. The lowest BCUT2D eigenvalue weighted by molar-refractivity contribution is -0.142. The standard InChI is InChI=1S/C20H26N4O2/c25-19(10-9-18-21-16-7-3-4-8-17(16)22-18)23-11-13-24(14-12-23)20(26)15-5-1-2-6-15/h3-4,7-8,15H,1-2,5-6,9-14H2,(H,21,22). The average molecular weight is 354 g/mol. The van der Waals surface area contributed by atoms with Crippen LogP contribution in [0.2, 0.25) is 0 Å². The predicted molar refractivity (Wildman–Crippen MR) is 99.5 cm³/mol. The molecule has 0 atom stereocenters. The molecule has 2 fully saturated rings. The molecule has 26 heavy (non-hydrogen) atoms. The number of aromatic nitrogens is 2. The number of hydrogen-bond donors (Lipinski definition) is 1. The van der Waals surface area contributed by atoms with Crippen molar-refractivity contribution in [2.75, 3.05) is 26.2 Å². The van der Waals surface area contributed by atoms with Crippen LogP contribution in [0.1, 0.15) is 37.9 Å². The first kappa shape index (κ1) is 17.1. The summed E-state index contributed by atoms with van der Waals surface area (Å²) in [5.41, 5.74) is 1.95. The minimum atomic E-state index is 0.151. The summed E-state index contributed by atoms with van der Waals surface area (Å²) in [7, 11) is 0. The highest BCUT2D eigenvalue weighted by molar-refractivity contribution is 5.80. The van der Waals surface area contributed by atoms with Gasteiger partial charge in [-0.1, -0.05) is 25.0 Å². The van der Waals surface area contributed by atoms with E-state index < -0.39 is 0 Å². The molecule has 1 aliphatic carbocycles. The number of rotatable bonds is 4. The Labute approximate surface area is 153 Å². The Morgan fingerprint density at radius 2 is 1.73 bits per heavy atom. The molecule has 1 aliphatic heterocycles. The Morgan fingerprint density at radius 3 is 2.46 bits per heavy atom. The summed E-state index contributed by atoms with van der Waals surface area (Å²) in [5.74, 6) is 1.54. The third kappa shape index (κ3) is 3.59. The van der Waals surface area contributed by atoms with Gasteiger partial charge in [0.25, 0.3) is 0 Å². The number of imidazole rings is 1. The summed E-state index contributed by atoms with van der Waals surface area (Å²) < 4.78 is 0. The summed E-state index contributed by atoms with van der Waals surface area (Å²) in [6, 6.07) is 7.90. The van der Waals surface area contributed by atoms with Crippen molar-refractivity contribution in [3.05, 3.63) is 30.1 Å². The predicted octanol–water partition coefficient (Wildman–Crippen LogP) is 2.36. The first-order chi connectivity index (χ1) is 12.7. The smallest absolute Gasteiger partial charge is 0.225 e. The lowest BCUT2D eigenvalue weighted by Gasteiger charge is -2.36. The van der Waals surface area contributed by atoms with Crippen LogP contribution in [-0.4, -0.2) is 57.8 Å². The highest BCUT2D eigenvalue weighted by atomic mass is 16.2. The molecular formula is C20H26N4O2. The lowest BCUT2D eigenvalue weighted by atomic mass is 10.1. The summed E-state index contributed by atoms with van der Waals surface area (Å²) in [6.45, 7) is 2.65. The van der Waals surface area contributed by atoms with Crippen molar-refractivity contribution >= 4 is 22.8 Å². The van der Waals surface area contributed by atoms with Crippen molar-refractivity contribution < 1.29 is 9.59 Å². The number of hydrogen-bond acceptors (Lipinski definition) is 3. The molecule has 2 amide bonds. The van der Waals surface area contributed by atoms with Gasteiger partial charge in [-0.05, 0) is 25.0 Å². The quantitative estimate of drug-likeness (QED) is 0.916. The minimum absolute atomic E-state index is 0.151. The van der Waals surface area contributed by atoms with Crippen molar-refractivity contribution in [2.45, 2.75) is 38.5 Å². The fourth-order valence-corrected chi connectivity index (χ4v) is 4.11. The van der Waals surface area contributed by atoms with Crippen molar-refractivity contribution in [1.82, 2.24) is 19.8 Å². The molecule has 2 aliphatic rings. The Morgan fingerprint density at radius 1 is 1.04 bits per heavy atom. The number of piperazine rings is 1. The molecule has 1 saturated carbocycles. The van der Waals surface area contributed by atoms with Gasteiger partial charge in [-0.25, -0.2) is 4.98 Å². The number of aromatic amines is 1. The maximum atomic E-state index is 12.5. The van der Waals surface area contributed by atoms with Gasteiger partial charge in [-0.3, -0.25) is 9.59 Å². The van der Waals surface area contributed by atoms with Crippen LogP contribution in [0.25, 0.3) is 11.0 Å². The number of carbonyl (C=O) groups excluding carboxylic acids is 2. The van der Waals surface area contributed by atoms with Crippen LogP contribution < -0.4 is 0 Å². The number of carbonyl (C=O) groups is 2. The SMILES string of the molecule is O=C(CCc1nc2ccccc2[nH]1)N1CCN(C(=O)C2CCCC2)CC1. The first-order valence-corrected chi connectivity index (χ1v) is 9.71. The zero-order valence-electron chi connectivity index (χ0n) is 15.1. The van der Waals surface area contributed by atoms with E-state index in [-0.39, 0.29) is 11.8 Å². The molecule has 0 bridgehead atoms. The summed E-state index contributed by atoms with van der Waals surface area (Å²) in [6.07, 6.45) is 5.50. The van der Waals surface area contributed by atoms with Gasteiger partial charge < -0.3 is 14.8 Å². The Bertz CT molecular complexity index is 753. The van der Waals surface area contributed by atoms with Crippen molar-refractivity contribution in [1.29, 1.82) is 0 Å². The molecule has 1 aromatic carbocycles. The van der Waals surface area contributed by atoms with Gasteiger partial charge in [0, 0.05) is 44.9 Å². The lowest BCUT2D eigenvalue weighted by Crippen LogP contribution is -2.51. The van der Waals surface area contributed by atoms with E-state index in [1.54, 1.807) is 0 Å². The average Bonchev–Trinajstić information content (AvgIpc) is 3.35. The van der Waals surface area contributed by atoms with Gasteiger partial charge in [0.15, 0.2) is 0 Å². The summed E-state index contributed by atoms with van der Waals surface area (Å²) in [4.78, 5) is 36.6. The van der Waals surface area contributed by atoms with Crippen molar-refractivity contribution in [2.24, 2.45) is 5.92 Å². The third-order valence-corrected chi connectivity index (χ3v) is 5.66. The first-order valence-electron chi connectivity index (χ1n) is 9.71. The number of H-pyrrole nitrogens is 1. The zero-order valence-corrected chi connectivity index (χ0v) is 15.1. The van der Waals surface area contributed by atoms with Crippen LogP contribution in [0.4, 0.5) is 0 Å². The number of nitrogens with one attached hydrogen (secondary N) is 1. The number of amides is 2. The maximum Gasteiger partial charge on any atom is 0.225 e. The number of para-hydroxylation sites is 2. The second-order valence-corrected chi connectivity index (χ2v) is 7.39. The molecule has 4 rings (SSSR count). The van der Waals surface area contributed by atoms with E-state index >= 15 is 0 Å². The number of benzene rings is 1. The number of aryl methyl sites for hydroxylation is 1. The van der Waals surface area contributed by atoms with Gasteiger partial charge in [-0.15, -0.1) is 0 Å². The molecule has 6 heteroatoms. The molecule has 138 valence electrons. The van der Waals surface area contributed by atoms with Crippen LogP contribution >= 0.6 is 0 Å². The normalized spacial score (nSPS) is 18.6. The number of fused-ring (bicyclic) bond motifs is 1. The number of nitrogens with zero attached hydrogens (tertiary/aromatic N) is 3. The molecule has 1 N–H and O–H groups in total. The van der Waals surface area contributed by atoms with Crippen molar-refractivity contribution in [3.8, 4) is 0 Å². The van der Waals surface area contributed by atoms with E-state index in [2.05, 4.69) is 9.97 Å². The van der Waals surface area contributed by atoms with Crippen LogP contribution in [0.5, 0.6) is 0 Å². The Balaban J connectivity index is 1.26. The van der Waals surface area contributed by atoms with Crippen LogP contribution in [0.15, 0.2) is 24.3 Å². The van der Waals surface area contributed by atoms with E-state index in [4.69, 9.17) is 0 Å². The molecule has 1 aromatic heterocycles. The largest absolute Gasteiger partial charge is 0.342 e. The van der Waals surface area contributed by atoms with Gasteiger partial charge >= 0.3 is 0 Å². The van der Waals surface area contributed by atoms with Crippen molar-refractivity contribution in [3.63, 3.8) is 0 Å². The van der Waals surface area contributed by atoms with Crippen LogP contribution in [-0.2, 0) is 16.0 Å². The van der Waals surface area contributed by atoms with E-state index in [1.165, 1.54) is 12.8 Å². The molecule has 0 unspecified atom stereocenters. The fourth-order valence-electron chi connectivity index (χ4n) is 4.11. The molecule has 1 saturated heterocycles. The van der Waals surface area contributed by atoms with E-state index in [0.29, 0.717) is 44.9 Å². The van der Waals surface area contributed by atoms with Crippen LogP contribution in [0, 0.1) is 5.92 Å². The van der Waals surface area contributed by atoms with E-state index in [0.717, 1.165) is 29.7 Å². The topological polar surface area (TPSA) is 69.3 Å². The monoisotopic (exact) mass is 354 g/mol. The fraction of sp³-hybridized carbons (Fsp3) is 0.550. The molecule has 6 nitrogen and oxygen atoms in total. The summed E-state index contributed by atoms with van der Waals surface area (Å²) >= 11 is 0. The van der Waals surface area contributed by atoms with Crippen LogP contribution in [0.3, 0.4) is 0 Å². The zero-order chi connectivity index (χ0) is 17.9. The van der Waals surface area contributed by atoms with Gasteiger partial charge in [-0.2, -0.15) is 0 Å². The molecule has 2 heterocycles. The van der Waals surface area contributed by atoms with E-state index in [1.807, 2.05) is 34.1 Å². The second kappa shape index (κ2) is 7.48. The highest BCUT2D eigenvalue weighted by Crippen LogP contribution is 2.27. The highest BCUT2D eigenvalue weighted by Gasteiger charge is 2.30. The minimum Gasteiger partial charge on any atom is -0.342 e. The molecule has 2 aromatic rings. The third-order valence-electron chi connectivity index (χ3n) is 5.66. The van der Waals surface area contributed by atoms with E-state index in [9.17, 15) is 9.59 Å². The van der Waals surface area contributed by atoms with Gasteiger partial charge in [0.1, 0.15) is 5.82 Å². The summed E-state index contributed by atoms with van der Waals surface area (Å²) in [5, 5.41) is 0. The Kier molecular flexibility index (Phi) is 4.91. The second-order valence-electron chi connectivity index (χ2n) is 7.39.